The largest absolute Gasteiger partial charge is 0.484 e. The van der Waals surface area contributed by atoms with Crippen LogP contribution < -0.4 is 35.2 Å². The van der Waals surface area contributed by atoms with Crippen molar-refractivity contribution in [2.45, 2.75) is 13.8 Å². The van der Waals surface area contributed by atoms with E-state index in [4.69, 9.17) is 24.4 Å². The third kappa shape index (κ3) is 11.4. The topological polar surface area (TPSA) is 150 Å². The number of rotatable bonds is 10. The number of anilines is 4. The first-order valence-electron chi connectivity index (χ1n) is 19.4. The average Bonchev–Trinajstić information content (AvgIpc) is 3.24. The molecular formula is C43H46Br2N10O4. The highest BCUT2D eigenvalue weighted by molar-refractivity contribution is 9.10. The highest BCUT2D eigenvalue weighted by atomic mass is 79.9. The molecule has 0 unspecified atom stereocenters. The highest BCUT2D eigenvalue weighted by Crippen LogP contribution is 2.25. The molecule has 0 bridgehead atoms. The van der Waals surface area contributed by atoms with Crippen molar-refractivity contribution in [3.05, 3.63) is 105 Å². The van der Waals surface area contributed by atoms with Gasteiger partial charge in [0.2, 0.25) is 11.9 Å². The number of likely N-dealkylation sites (N-methyl/N-ethyl adjacent to an activating group) is 1. The smallest absolute Gasteiger partial charge is 0.262 e. The van der Waals surface area contributed by atoms with E-state index < -0.39 is 0 Å². The van der Waals surface area contributed by atoms with Gasteiger partial charge in [-0.1, -0.05) is 31.9 Å². The van der Waals surface area contributed by atoms with E-state index in [-0.39, 0.29) is 25.0 Å². The molecule has 0 aliphatic carbocycles. The minimum Gasteiger partial charge on any atom is -0.484 e. The van der Waals surface area contributed by atoms with Crippen LogP contribution in [0.3, 0.4) is 0 Å². The lowest BCUT2D eigenvalue weighted by Crippen LogP contribution is -2.45. The lowest BCUT2D eigenvalue weighted by Gasteiger charge is -2.32. The van der Waals surface area contributed by atoms with Crippen molar-refractivity contribution in [3.63, 3.8) is 0 Å². The molecule has 4 heterocycles. The number of piperazine rings is 2. The number of carbonyl (C=O) groups is 2. The Morgan fingerprint density at radius 2 is 1.03 bits per heavy atom. The Balaban J connectivity index is 0.000000179. The van der Waals surface area contributed by atoms with Gasteiger partial charge in [-0.3, -0.25) is 9.59 Å². The minimum atomic E-state index is -0.219. The van der Waals surface area contributed by atoms with E-state index in [1.165, 1.54) is 0 Å². The number of fused-ring (bicyclic) bond motifs is 2. The van der Waals surface area contributed by atoms with E-state index in [1.54, 1.807) is 0 Å². The van der Waals surface area contributed by atoms with Crippen molar-refractivity contribution in [1.29, 1.82) is 0 Å². The summed E-state index contributed by atoms with van der Waals surface area (Å²) in [4.78, 5) is 50.1. The maximum Gasteiger partial charge on any atom is 0.262 e. The third-order valence-corrected chi connectivity index (χ3v) is 10.9. The van der Waals surface area contributed by atoms with Crippen molar-refractivity contribution in [3.8, 4) is 11.5 Å². The second-order valence-electron chi connectivity index (χ2n) is 14.3. The number of hydrogen-bond donors (Lipinski definition) is 3. The van der Waals surface area contributed by atoms with Crippen molar-refractivity contribution in [2.75, 3.05) is 93.1 Å². The lowest BCUT2D eigenvalue weighted by atomic mass is 10.1. The Kier molecular flexibility index (Phi) is 13.8. The van der Waals surface area contributed by atoms with E-state index in [0.29, 0.717) is 22.9 Å². The summed E-state index contributed by atoms with van der Waals surface area (Å²) in [6.45, 7) is 11.4. The summed E-state index contributed by atoms with van der Waals surface area (Å²) in [6.07, 6.45) is 0. The normalized spacial score (nSPS) is 14.4. The number of ether oxygens (including phenoxy) is 2. The molecule has 2 aliphatic heterocycles. The van der Waals surface area contributed by atoms with Crippen LogP contribution in [-0.4, -0.2) is 109 Å². The number of nitrogens with one attached hydrogen (secondary N) is 3. The zero-order valence-corrected chi connectivity index (χ0v) is 36.3. The van der Waals surface area contributed by atoms with Crippen LogP contribution in [0.15, 0.2) is 93.9 Å². The third-order valence-electron chi connectivity index (χ3n) is 9.87. The highest BCUT2D eigenvalue weighted by Gasteiger charge is 2.19. The molecule has 6 aromatic rings. The van der Waals surface area contributed by atoms with Gasteiger partial charge >= 0.3 is 0 Å². The first kappa shape index (κ1) is 41.7. The molecule has 14 nitrogen and oxygen atoms in total. The molecule has 16 heteroatoms. The number of nitrogens with zero attached hydrogens (tertiary/aromatic N) is 7. The maximum atomic E-state index is 12.3. The van der Waals surface area contributed by atoms with Crippen LogP contribution in [-0.2, 0) is 9.59 Å². The molecule has 2 amide bonds. The van der Waals surface area contributed by atoms with Gasteiger partial charge in [0, 0.05) is 83.5 Å². The standard InChI is InChI=1S/C22H24BrN5O2.C21H22BrN5O2/c1-15-19-13-17(25-21(29)14-30-18-6-3-16(23)4-7-18)5-8-20(19)26-22(24-15)28-11-9-27(2)10-12-28;1-14-18-12-16(25-20(28)13-29-17-5-2-15(22)3-6-17)4-7-19(18)26-21(24-14)27-10-8-23-9-11-27/h3-8,13H,9-12,14H2,1-2H3,(H,25,29);2-7,12,23H,8-11,13H2,1H3,(H,25,28). The summed E-state index contributed by atoms with van der Waals surface area (Å²) < 4.78 is 13.0. The molecule has 0 saturated carbocycles. The maximum absolute atomic E-state index is 12.3. The van der Waals surface area contributed by atoms with Crippen LogP contribution in [0.4, 0.5) is 23.3 Å². The van der Waals surface area contributed by atoms with Crippen LogP contribution in [0.25, 0.3) is 21.8 Å². The van der Waals surface area contributed by atoms with E-state index >= 15 is 0 Å². The van der Waals surface area contributed by atoms with Crippen LogP contribution in [0.5, 0.6) is 11.5 Å². The second kappa shape index (κ2) is 19.6. The second-order valence-corrected chi connectivity index (χ2v) is 16.1. The van der Waals surface area contributed by atoms with Crippen molar-refractivity contribution in [1.82, 2.24) is 30.2 Å². The number of aryl methyl sites for hydroxylation is 2. The summed E-state index contributed by atoms with van der Waals surface area (Å²) in [5.74, 6) is 2.39. The molecular weight excluding hydrogens is 880 g/mol. The summed E-state index contributed by atoms with van der Waals surface area (Å²) in [7, 11) is 2.13. The van der Waals surface area contributed by atoms with Gasteiger partial charge in [-0.2, -0.15) is 0 Å². The number of amides is 2. The Bertz CT molecular complexity index is 2410. The first-order chi connectivity index (χ1) is 28.6. The zero-order valence-electron chi connectivity index (χ0n) is 33.2. The molecule has 8 rings (SSSR count). The number of hydrogen-bond acceptors (Lipinski definition) is 12. The van der Waals surface area contributed by atoms with Crippen LogP contribution in [0.1, 0.15) is 11.4 Å². The minimum absolute atomic E-state index is 0.0580. The molecule has 0 spiro atoms. The van der Waals surface area contributed by atoms with Crippen LogP contribution in [0, 0.1) is 13.8 Å². The van der Waals surface area contributed by atoms with Gasteiger partial charge in [0.05, 0.1) is 22.4 Å². The molecule has 2 saturated heterocycles. The lowest BCUT2D eigenvalue weighted by molar-refractivity contribution is -0.118. The molecule has 306 valence electrons. The van der Waals surface area contributed by atoms with Gasteiger partial charge in [-0.05, 0) is 106 Å². The van der Waals surface area contributed by atoms with Crippen LogP contribution in [0.2, 0.25) is 0 Å². The number of benzene rings is 4. The number of carbonyl (C=O) groups excluding carboxylic acids is 2. The molecule has 2 aliphatic rings. The van der Waals surface area contributed by atoms with Gasteiger partial charge in [-0.25, -0.2) is 19.9 Å². The van der Waals surface area contributed by atoms with E-state index in [1.807, 2.05) is 98.8 Å². The van der Waals surface area contributed by atoms with Crippen molar-refractivity contribution in [2.24, 2.45) is 0 Å². The van der Waals surface area contributed by atoms with Crippen molar-refractivity contribution < 1.29 is 19.1 Å². The molecule has 0 radical (unpaired) electrons. The molecule has 4 aromatic carbocycles. The quantitative estimate of drug-likeness (QED) is 0.136. The molecule has 3 N–H and O–H groups in total. The van der Waals surface area contributed by atoms with E-state index in [0.717, 1.165) is 106 Å². The Morgan fingerprint density at radius 3 is 1.47 bits per heavy atom. The SMILES string of the molecule is Cc1nc(N2CCN(C)CC2)nc2ccc(NC(=O)COc3ccc(Br)cc3)cc12.Cc1nc(N2CCNCC2)nc2ccc(NC(=O)COc3ccc(Br)cc3)cc12. The summed E-state index contributed by atoms with van der Waals surface area (Å²) in [6, 6.07) is 26.1. The number of halogens is 2. The Labute approximate surface area is 360 Å². The molecule has 0 atom stereocenters. The summed E-state index contributed by atoms with van der Waals surface area (Å²) in [5.41, 5.74) is 4.94. The monoisotopic (exact) mass is 924 g/mol. The summed E-state index contributed by atoms with van der Waals surface area (Å²) >= 11 is 6.75. The fourth-order valence-electron chi connectivity index (χ4n) is 6.60. The Hall–Kier alpha value is -5.42. The molecule has 2 aromatic heterocycles. The van der Waals surface area contributed by atoms with Gasteiger partial charge in [0.15, 0.2) is 13.2 Å². The predicted octanol–water partition coefficient (Wildman–Crippen LogP) is 6.60. The summed E-state index contributed by atoms with van der Waals surface area (Å²) in [5, 5.41) is 10.9. The van der Waals surface area contributed by atoms with Crippen molar-refractivity contribution >= 4 is 88.8 Å². The molecule has 2 fully saturated rings. The Morgan fingerprint density at radius 1 is 0.610 bits per heavy atom. The zero-order chi connectivity index (χ0) is 41.3. The molecule has 59 heavy (non-hydrogen) atoms. The van der Waals surface area contributed by atoms with Gasteiger partial charge in [0.1, 0.15) is 11.5 Å². The fourth-order valence-corrected chi connectivity index (χ4v) is 7.12. The van der Waals surface area contributed by atoms with E-state index in [2.05, 4.69) is 74.5 Å². The first-order valence-corrected chi connectivity index (χ1v) is 21.0. The van der Waals surface area contributed by atoms with Gasteiger partial charge in [-0.15, -0.1) is 0 Å². The van der Waals surface area contributed by atoms with Gasteiger partial charge in [0.25, 0.3) is 11.8 Å². The van der Waals surface area contributed by atoms with Gasteiger partial charge < -0.3 is 40.1 Å². The van der Waals surface area contributed by atoms with Crippen LogP contribution >= 0.6 is 31.9 Å². The fraction of sp³-hybridized carbons (Fsp3) is 0.302. The average molecular weight is 927 g/mol. The predicted molar refractivity (Wildman–Crippen MR) is 240 cm³/mol. The number of aromatic nitrogens is 4. The van der Waals surface area contributed by atoms with E-state index in [9.17, 15) is 9.59 Å².